The molecule has 2 aromatic rings. The summed E-state index contributed by atoms with van der Waals surface area (Å²) in [6.45, 7) is 0. The number of nitrogens with two attached hydrogens (primary N) is 1. The number of benzene rings is 1. The van der Waals surface area contributed by atoms with Gasteiger partial charge in [-0.25, -0.2) is 4.39 Å². The van der Waals surface area contributed by atoms with Gasteiger partial charge in [-0.1, -0.05) is 17.7 Å². The molecule has 0 aliphatic rings. The first kappa shape index (κ1) is 10.6. The normalized spacial score (nSPS) is 12.7. The minimum Gasteiger partial charge on any atom is -0.320 e. The molecule has 78 valence electrons. The molecule has 0 spiro atoms. The molecule has 0 unspecified atom stereocenters. The summed E-state index contributed by atoms with van der Waals surface area (Å²) in [5.74, 6) is -0.346. The first-order valence-corrected chi connectivity index (χ1v) is 5.73. The molecule has 4 heteroatoms. The summed E-state index contributed by atoms with van der Waals surface area (Å²) in [4.78, 5) is 0. The fourth-order valence-electron chi connectivity index (χ4n) is 1.39. The van der Waals surface area contributed by atoms with Crippen molar-refractivity contribution < 1.29 is 4.39 Å². The van der Waals surface area contributed by atoms with Gasteiger partial charge in [-0.05, 0) is 40.1 Å². The smallest absolute Gasteiger partial charge is 0.124 e. The van der Waals surface area contributed by atoms with Gasteiger partial charge in [0.25, 0.3) is 0 Å². The van der Waals surface area contributed by atoms with Crippen LogP contribution in [-0.4, -0.2) is 0 Å². The van der Waals surface area contributed by atoms with Gasteiger partial charge in [0.05, 0.1) is 6.04 Å². The van der Waals surface area contributed by atoms with Crippen LogP contribution in [0.25, 0.3) is 0 Å². The monoisotopic (exact) mass is 241 g/mol. The Morgan fingerprint density at radius 1 is 1.33 bits per heavy atom. The average molecular weight is 242 g/mol. The van der Waals surface area contributed by atoms with Crippen LogP contribution in [0.5, 0.6) is 0 Å². The van der Waals surface area contributed by atoms with E-state index in [-0.39, 0.29) is 11.9 Å². The van der Waals surface area contributed by atoms with E-state index in [4.69, 9.17) is 17.3 Å². The topological polar surface area (TPSA) is 26.0 Å². The fraction of sp³-hybridized carbons (Fsp3) is 0.0909. The van der Waals surface area contributed by atoms with Gasteiger partial charge in [-0.3, -0.25) is 0 Å². The average Bonchev–Trinajstić information content (AvgIpc) is 2.69. The van der Waals surface area contributed by atoms with Crippen LogP contribution in [0.2, 0.25) is 5.02 Å². The molecule has 0 saturated heterocycles. The minimum atomic E-state index is -0.346. The molecule has 0 amide bonds. The van der Waals surface area contributed by atoms with Gasteiger partial charge in [0.15, 0.2) is 0 Å². The number of hydrogen-bond donors (Lipinski definition) is 1. The lowest BCUT2D eigenvalue weighted by molar-refractivity contribution is 0.626. The van der Waals surface area contributed by atoms with Crippen LogP contribution in [0.15, 0.2) is 35.0 Å². The van der Waals surface area contributed by atoms with Crippen molar-refractivity contribution in [3.8, 4) is 0 Å². The van der Waals surface area contributed by atoms with Crippen LogP contribution in [0.3, 0.4) is 0 Å². The molecule has 0 aliphatic heterocycles. The van der Waals surface area contributed by atoms with Crippen LogP contribution in [0.1, 0.15) is 17.2 Å². The Morgan fingerprint density at radius 3 is 2.73 bits per heavy atom. The van der Waals surface area contributed by atoms with Gasteiger partial charge >= 0.3 is 0 Å². The van der Waals surface area contributed by atoms with Crippen LogP contribution in [-0.2, 0) is 0 Å². The Morgan fingerprint density at radius 2 is 2.13 bits per heavy atom. The van der Waals surface area contributed by atoms with Crippen LogP contribution < -0.4 is 5.73 Å². The summed E-state index contributed by atoms with van der Waals surface area (Å²) in [5, 5.41) is 4.28. The Kier molecular flexibility index (Phi) is 3.05. The molecule has 1 aromatic carbocycles. The third-order valence-corrected chi connectivity index (χ3v) is 3.23. The number of rotatable bonds is 2. The zero-order chi connectivity index (χ0) is 10.8. The second-order valence-electron chi connectivity index (χ2n) is 3.20. The molecule has 1 aromatic heterocycles. The molecular formula is C11H9ClFNS. The summed E-state index contributed by atoms with van der Waals surface area (Å²) >= 11 is 7.50. The van der Waals surface area contributed by atoms with E-state index in [0.29, 0.717) is 5.02 Å². The maximum Gasteiger partial charge on any atom is 0.124 e. The highest BCUT2D eigenvalue weighted by Crippen LogP contribution is 2.28. The first-order valence-electron chi connectivity index (χ1n) is 4.41. The van der Waals surface area contributed by atoms with Gasteiger partial charge in [0.1, 0.15) is 5.82 Å². The van der Waals surface area contributed by atoms with E-state index < -0.39 is 0 Å². The molecule has 0 radical (unpaired) electrons. The van der Waals surface area contributed by atoms with Gasteiger partial charge in [-0.2, -0.15) is 11.3 Å². The van der Waals surface area contributed by atoms with Crippen molar-refractivity contribution in [3.63, 3.8) is 0 Å². The van der Waals surface area contributed by atoms with Crippen LogP contribution >= 0.6 is 22.9 Å². The third kappa shape index (κ3) is 2.20. The molecular weight excluding hydrogens is 233 g/mol. The number of thiophene rings is 1. The molecule has 15 heavy (non-hydrogen) atoms. The molecule has 1 atom stereocenters. The van der Waals surface area contributed by atoms with Crippen molar-refractivity contribution in [2.75, 3.05) is 0 Å². The van der Waals surface area contributed by atoms with Crippen molar-refractivity contribution >= 4 is 22.9 Å². The summed E-state index contributed by atoms with van der Waals surface area (Å²) in [6.07, 6.45) is 0. The van der Waals surface area contributed by atoms with E-state index in [0.717, 1.165) is 11.1 Å². The van der Waals surface area contributed by atoms with Crippen LogP contribution in [0.4, 0.5) is 4.39 Å². The van der Waals surface area contributed by atoms with Crippen molar-refractivity contribution in [2.24, 2.45) is 5.73 Å². The van der Waals surface area contributed by atoms with Gasteiger partial charge in [-0.15, -0.1) is 0 Å². The Bertz CT molecular complexity index is 456. The Hall–Kier alpha value is -0.900. The zero-order valence-electron chi connectivity index (χ0n) is 7.78. The molecule has 2 rings (SSSR count). The van der Waals surface area contributed by atoms with Gasteiger partial charge in [0, 0.05) is 5.02 Å². The highest BCUT2D eigenvalue weighted by Gasteiger charge is 2.13. The fourth-order valence-corrected chi connectivity index (χ4v) is 2.37. The van der Waals surface area contributed by atoms with E-state index in [1.165, 1.54) is 12.1 Å². The third-order valence-electron chi connectivity index (χ3n) is 2.20. The number of hydrogen-bond acceptors (Lipinski definition) is 2. The van der Waals surface area contributed by atoms with Crippen molar-refractivity contribution in [1.29, 1.82) is 0 Å². The minimum absolute atomic E-state index is 0.288. The van der Waals surface area contributed by atoms with Crippen molar-refractivity contribution in [1.82, 2.24) is 0 Å². The predicted molar refractivity (Wildman–Crippen MR) is 61.8 cm³/mol. The van der Waals surface area contributed by atoms with Gasteiger partial charge in [0.2, 0.25) is 0 Å². The van der Waals surface area contributed by atoms with E-state index in [2.05, 4.69) is 0 Å². The molecule has 1 nitrogen and oxygen atoms in total. The first-order chi connectivity index (χ1) is 7.18. The molecule has 0 bridgehead atoms. The standard InChI is InChI=1S/C11H9ClFNS/c12-10-5-8(13)1-2-9(10)11(14)7-3-4-15-6-7/h1-6,11H,14H2/t11-/m1/s1. The summed E-state index contributed by atoms with van der Waals surface area (Å²) in [6, 6.07) is 5.93. The highest BCUT2D eigenvalue weighted by atomic mass is 35.5. The number of halogens is 2. The Balaban J connectivity index is 2.38. The maximum absolute atomic E-state index is 12.8. The second-order valence-corrected chi connectivity index (χ2v) is 4.39. The van der Waals surface area contributed by atoms with Crippen LogP contribution in [0, 0.1) is 5.82 Å². The molecule has 0 aliphatic carbocycles. The van der Waals surface area contributed by atoms with E-state index >= 15 is 0 Å². The lowest BCUT2D eigenvalue weighted by atomic mass is 10.0. The largest absolute Gasteiger partial charge is 0.320 e. The lowest BCUT2D eigenvalue weighted by Gasteiger charge is -2.12. The van der Waals surface area contributed by atoms with Gasteiger partial charge < -0.3 is 5.73 Å². The van der Waals surface area contributed by atoms with Crippen molar-refractivity contribution in [2.45, 2.75) is 6.04 Å². The Labute approximate surface area is 96.3 Å². The molecule has 1 heterocycles. The predicted octanol–water partition coefficient (Wildman–Crippen LogP) is 3.59. The summed E-state index contributed by atoms with van der Waals surface area (Å²) in [5.41, 5.74) is 7.75. The molecule has 0 saturated carbocycles. The quantitative estimate of drug-likeness (QED) is 0.855. The van der Waals surface area contributed by atoms with E-state index in [1.807, 2.05) is 16.8 Å². The lowest BCUT2D eigenvalue weighted by Crippen LogP contribution is -2.11. The van der Waals surface area contributed by atoms with E-state index in [1.54, 1.807) is 17.4 Å². The van der Waals surface area contributed by atoms with E-state index in [9.17, 15) is 4.39 Å². The second kappa shape index (κ2) is 4.31. The highest BCUT2D eigenvalue weighted by molar-refractivity contribution is 7.08. The summed E-state index contributed by atoms with van der Waals surface area (Å²) < 4.78 is 12.8. The maximum atomic E-state index is 12.8. The molecule has 0 fully saturated rings. The zero-order valence-corrected chi connectivity index (χ0v) is 9.36. The molecule has 2 N–H and O–H groups in total. The SMILES string of the molecule is N[C@H](c1ccsc1)c1ccc(F)cc1Cl. The van der Waals surface area contributed by atoms with Crippen molar-refractivity contribution in [3.05, 3.63) is 57.0 Å². The summed E-state index contributed by atoms with van der Waals surface area (Å²) in [7, 11) is 0.